The molecule has 140 valence electrons. The molecule has 1 unspecified atom stereocenters. The molecule has 8 heteroatoms. The van der Waals surface area contributed by atoms with Crippen molar-refractivity contribution in [2.24, 2.45) is 5.92 Å². The third-order valence-electron chi connectivity index (χ3n) is 2.77. The third kappa shape index (κ3) is 14.5. The zero-order chi connectivity index (χ0) is 18.1. The number of aliphatic hydroxyl groups is 1. The van der Waals surface area contributed by atoms with Gasteiger partial charge in [-0.25, -0.2) is 0 Å². The van der Waals surface area contributed by atoms with Gasteiger partial charge in [-0.3, -0.25) is 0 Å². The fraction of sp³-hybridized carbons (Fsp3) is 1.00. The van der Waals surface area contributed by atoms with Crippen molar-refractivity contribution in [2.45, 2.75) is 58.8 Å². The van der Waals surface area contributed by atoms with Crippen molar-refractivity contribution in [3.8, 4) is 0 Å². The predicted molar refractivity (Wildman–Crippen MR) is 103 cm³/mol. The molecule has 1 N–H and O–H groups in total. The molecule has 0 aliphatic heterocycles. The van der Waals surface area contributed by atoms with Crippen LogP contribution in [0.25, 0.3) is 0 Å². The van der Waals surface area contributed by atoms with Gasteiger partial charge < -0.3 is 22.8 Å². The summed E-state index contributed by atoms with van der Waals surface area (Å²) in [5, 5.41) is 8.64. The molecule has 23 heavy (non-hydrogen) atoms. The summed E-state index contributed by atoms with van der Waals surface area (Å²) in [6.45, 7) is 20.0. The first-order valence-electron chi connectivity index (χ1n) is 8.53. The molecule has 0 aromatic heterocycles. The first-order valence-corrected chi connectivity index (χ1v) is 17.9. The first-order chi connectivity index (χ1) is 10.4. The van der Waals surface area contributed by atoms with Crippen molar-refractivity contribution >= 4 is 25.2 Å². The summed E-state index contributed by atoms with van der Waals surface area (Å²) in [4.78, 5) is 0. The van der Waals surface area contributed by atoms with E-state index in [0.717, 1.165) is 6.04 Å². The topological polar surface area (TPSA) is 57.2 Å². The van der Waals surface area contributed by atoms with E-state index < -0.39 is 25.2 Å². The van der Waals surface area contributed by atoms with Crippen LogP contribution in [0.3, 0.4) is 0 Å². The second-order valence-corrected chi connectivity index (χ2v) is 21.0. The highest BCUT2D eigenvalue weighted by atomic mass is 28.5. The minimum atomic E-state index is -2.19. The molecule has 0 saturated heterocycles. The van der Waals surface area contributed by atoms with E-state index in [1.807, 2.05) is 0 Å². The molecule has 0 spiro atoms. The standard InChI is InChI=1S/C15H38O5Si3/c1-15(13-18-12-11-17-10-9-16)14-23(8,19-21(2,3)4)20-22(5,6)7/h15-16H,9-14H2,1-8H3. The maximum atomic E-state index is 8.64. The summed E-state index contributed by atoms with van der Waals surface area (Å²) in [6.07, 6.45) is 0. The Morgan fingerprint density at radius 2 is 1.26 bits per heavy atom. The van der Waals surface area contributed by atoms with Crippen LogP contribution in [0.4, 0.5) is 0 Å². The number of ether oxygens (including phenoxy) is 2. The molecule has 0 aromatic carbocycles. The van der Waals surface area contributed by atoms with Crippen LogP contribution in [-0.2, 0) is 17.7 Å². The van der Waals surface area contributed by atoms with Gasteiger partial charge in [0.1, 0.15) is 0 Å². The lowest BCUT2D eigenvalue weighted by Crippen LogP contribution is -2.53. The second-order valence-electron chi connectivity index (χ2n) is 8.28. The summed E-state index contributed by atoms with van der Waals surface area (Å²) in [6, 6.07) is 0.957. The molecule has 0 bridgehead atoms. The van der Waals surface area contributed by atoms with Gasteiger partial charge in [0.2, 0.25) is 0 Å². The van der Waals surface area contributed by atoms with Gasteiger partial charge in [-0.2, -0.15) is 0 Å². The van der Waals surface area contributed by atoms with E-state index in [2.05, 4.69) is 52.8 Å². The number of rotatable bonds is 13. The SMILES string of the molecule is CC(COCCOCCO)C[Si](C)(O[Si](C)(C)C)O[Si](C)(C)C. The Kier molecular flexibility index (Phi) is 10.6. The average molecular weight is 383 g/mol. The van der Waals surface area contributed by atoms with Gasteiger partial charge in [0, 0.05) is 6.61 Å². The van der Waals surface area contributed by atoms with E-state index >= 15 is 0 Å². The highest BCUT2D eigenvalue weighted by molar-refractivity contribution is 6.87. The molecule has 0 saturated carbocycles. The number of aliphatic hydroxyl groups excluding tert-OH is 1. The molecule has 0 heterocycles. The third-order valence-corrected chi connectivity index (χ3v) is 12.6. The van der Waals surface area contributed by atoms with Crippen molar-refractivity contribution in [1.82, 2.24) is 0 Å². The van der Waals surface area contributed by atoms with Gasteiger partial charge in [-0.1, -0.05) is 6.92 Å². The lowest BCUT2D eigenvalue weighted by atomic mass is 10.2. The van der Waals surface area contributed by atoms with Crippen molar-refractivity contribution in [3.63, 3.8) is 0 Å². The van der Waals surface area contributed by atoms with E-state index in [-0.39, 0.29) is 6.61 Å². The van der Waals surface area contributed by atoms with Gasteiger partial charge in [-0.15, -0.1) is 0 Å². The van der Waals surface area contributed by atoms with Crippen LogP contribution in [0.2, 0.25) is 51.9 Å². The monoisotopic (exact) mass is 382 g/mol. The molecule has 0 aliphatic rings. The molecular weight excluding hydrogens is 344 g/mol. The van der Waals surface area contributed by atoms with Crippen LogP contribution in [0.5, 0.6) is 0 Å². The fourth-order valence-corrected chi connectivity index (χ4v) is 15.6. The van der Waals surface area contributed by atoms with Crippen molar-refractivity contribution in [1.29, 1.82) is 0 Å². The summed E-state index contributed by atoms with van der Waals surface area (Å²) >= 11 is 0. The Morgan fingerprint density at radius 3 is 1.70 bits per heavy atom. The lowest BCUT2D eigenvalue weighted by molar-refractivity contribution is 0.0249. The summed E-state index contributed by atoms with van der Waals surface area (Å²) in [5.41, 5.74) is 0. The van der Waals surface area contributed by atoms with E-state index in [1.54, 1.807) is 0 Å². The van der Waals surface area contributed by atoms with Crippen molar-refractivity contribution in [3.05, 3.63) is 0 Å². The molecule has 0 amide bonds. The van der Waals surface area contributed by atoms with Gasteiger partial charge >= 0.3 is 8.56 Å². The Morgan fingerprint density at radius 1 is 0.783 bits per heavy atom. The molecule has 0 aromatic rings. The van der Waals surface area contributed by atoms with Crippen LogP contribution in [0, 0.1) is 5.92 Å². The smallest absolute Gasteiger partial charge is 0.314 e. The van der Waals surface area contributed by atoms with Crippen LogP contribution >= 0.6 is 0 Å². The maximum absolute atomic E-state index is 8.64. The van der Waals surface area contributed by atoms with Crippen LogP contribution in [0.15, 0.2) is 0 Å². The van der Waals surface area contributed by atoms with Crippen LogP contribution in [0.1, 0.15) is 6.92 Å². The van der Waals surface area contributed by atoms with E-state index in [9.17, 15) is 0 Å². The van der Waals surface area contributed by atoms with Gasteiger partial charge in [-0.05, 0) is 57.8 Å². The molecule has 0 fully saturated rings. The van der Waals surface area contributed by atoms with Crippen molar-refractivity contribution < 1.29 is 22.8 Å². The molecule has 5 nitrogen and oxygen atoms in total. The molecule has 0 aliphatic carbocycles. The van der Waals surface area contributed by atoms with Gasteiger partial charge in [0.25, 0.3) is 0 Å². The number of hydrogen-bond acceptors (Lipinski definition) is 5. The predicted octanol–water partition coefficient (Wildman–Crippen LogP) is 3.42. The van der Waals surface area contributed by atoms with Crippen LogP contribution < -0.4 is 0 Å². The highest BCUT2D eigenvalue weighted by Gasteiger charge is 2.41. The molecule has 0 radical (unpaired) electrons. The van der Waals surface area contributed by atoms with Gasteiger partial charge in [0.15, 0.2) is 16.6 Å². The minimum Gasteiger partial charge on any atom is -0.437 e. The summed E-state index contributed by atoms with van der Waals surface area (Å²) < 4.78 is 23.9. The van der Waals surface area contributed by atoms with Crippen molar-refractivity contribution in [2.75, 3.05) is 33.0 Å². The minimum absolute atomic E-state index is 0.0580. The normalized spacial score (nSPS) is 15.0. The lowest BCUT2D eigenvalue weighted by Gasteiger charge is -2.39. The van der Waals surface area contributed by atoms with E-state index in [1.165, 1.54) is 0 Å². The zero-order valence-corrected chi connectivity index (χ0v) is 19.4. The highest BCUT2D eigenvalue weighted by Crippen LogP contribution is 2.27. The fourth-order valence-electron chi connectivity index (χ4n) is 2.66. The van der Waals surface area contributed by atoms with E-state index in [0.29, 0.717) is 32.3 Å². The first kappa shape index (κ1) is 23.5. The Bertz CT molecular complexity index is 299. The Hall–Kier alpha value is 0.451. The Labute approximate surface area is 146 Å². The second kappa shape index (κ2) is 10.4. The van der Waals surface area contributed by atoms with Crippen LogP contribution in [-0.4, -0.2) is 63.3 Å². The average Bonchev–Trinajstić information content (AvgIpc) is 2.27. The van der Waals surface area contributed by atoms with Gasteiger partial charge in [0.05, 0.1) is 26.4 Å². The Balaban J connectivity index is 4.40. The zero-order valence-electron chi connectivity index (χ0n) is 16.4. The summed E-state index contributed by atoms with van der Waals surface area (Å²) in [7, 11) is -5.46. The summed E-state index contributed by atoms with van der Waals surface area (Å²) in [5.74, 6) is 0.400. The number of hydrogen-bond donors (Lipinski definition) is 1. The molecular formula is C15H38O5Si3. The van der Waals surface area contributed by atoms with E-state index in [4.69, 9.17) is 22.8 Å². The quantitative estimate of drug-likeness (QED) is 0.391. The molecule has 1 atom stereocenters. The maximum Gasteiger partial charge on any atom is 0.314 e. The molecule has 0 rings (SSSR count). The largest absolute Gasteiger partial charge is 0.437 e.